The van der Waals surface area contributed by atoms with E-state index in [1.54, 1.807) is 20.8 Å². The standard InChI is InChI=1S/C11H20N2O5/c1-10(2,3)18-9(16)12-13-11(8(14)15)4-6-17-7-5-11/h13H,4-7H2,1-3H3,(H,12,16)(H,14,15). The van der Waals surface area contributed by atoms with Gasteiger partial charge in [0.1, 0.15) is 11.1 Å². The van der Waals surface area contributed by atoms with E-state index in [-0.39, 0.29) is 12.8 Å². The summed E-state index contributed by atoms with van der Waals surface area (Å²) in [5, 5.41) is 9.22. The number of carbonyl (C=O) groups excluding carboxylic acids is 1. The average molecular weight is 260 g/mol. The predicted molar refractivity (Wildman–Crippen MR) is 62.9 cm³/mol. The van der Waals surface area contributed by atoms with E-state index in [2.05, 4.69) is 10.9 Å². The fourth-order valence-corrected chi connectivity index (χ4v) is 1.59. The number of rotatable bonds is 3. The smallest absolute Gasteiger partial charge is 0.422 e. The number of carboxylic acid groups (broad SMARTS) is 1. The zero-order valence-corrected chi connectivity index (χ0v) is 10.9. The molecule has 0 aromatic rings. The molecule has 0 aromatic carbocycles. The summed E-state index contributed by atoms with van der Waals surface area (Å²) in [6.45, 7) is 5.88. The Morgan fingerprint density at radius 2 is 1.83 bits per heavy atom. The second-order valence-electron chi connectivity index (χ2n) is 5.25. The Bertz CT molecular complexity index is 318. The summed E-state index contributed by atoms with van der Waals surface area (Å²) in [5.74, 6) is -1.01. The SMILES string of the molecule is CC(C)(C)OC(=O)NNC1(C(=O)O)CCOCC1. The third-order valence-electron chi connectivity index (χ3n) is 2.56. The molecule has 104 valence electrons. The Morgan fingerprint density at radius 1 is 1.28 bits per heavy atom. The molecule has 3 N–H and O–H groups in total. The molecule has 7 nitrogen and oxygen atoms in total. The Morgan fingerprint density at radius 3 is 2.28 bits per heavy atom. The summed E-state index contributed by atoms with van der Waals surface area (Å²) < 4.78 is 10.1. The summed E-state index contributed by atoms with van der Waals surface area (Å²) >= 11 is 0. The first-order valence-electron chi connectivity index (χ1n) is 5.82. The highest BCUT2D eigenvalue weighted by Crippen LogP contribution is 2.20. The molecule has 0 unspecified atom stereocenters. The summed E-state index contributed by atoms with van der Waals surface area (Å²) in [5.41, 5.74) is 3.02. The molecule has 0 atom stereocenters. The molecule has 7 heteroatoms. The minimum Gasteiger partial charge on any atom is -0.480 e. The van der Waals surface area contributed by atoms with Crippen LogP contribution in [0.4, 0.5) is 4.79 Å². The third-order valence-corrected chi connectivity index (χ3v) is 2.56. The maximum absolute atomic E-state index is 11.4. The quantitative estimate of drug-likeness (QED) is 0.645. The molecule has 1 heterocycles. The second kappa shape index (κ2) is 5.53. The van der Waals surface area contributed by atoms with Crippen LogP contribution in [0.5, 0.6) is 0 Å². The van der Waals surface area contributed by atoms with Gasteiger partial charge in [-0.05, 0) is 20.8 Å². The molecule has 1 rings (SSSR count). The third kappa shape index (κ3) is 4.15. The number of carbonyl (C=O) groups is 2. The molecule has 0 spiro atoms. The molecule has 1 amide bonds. The summed E-state index contributed by atoms with van der Waals surface area (Å²) in [6.07, 6.45) is -0.120. The van der Waals surface area contributed by atoms with Gasteiger partial charge in [0.2, 0.25) is 0 Å². The van der Waals surface area contributed by atoms with Crippen molar-refractivity contribution in [3.8, 4) is 0 Å². The Balaban J connectivity index is 2.53. The van der Waals surface area contributed by atoms with Gasteiger partial charge in [-0.25, -0.2) is 10.2 Å². The summed E-state index contributed by atoms with van der Waals surface area (Å²) in [4.78, 5) is 22.7. The first-order chi connectivity index (χ1) is 8.25. The van der Waals surface area contributed by atoms with Gasteiger partial charge in [-0.2, -0.15) is 0 Å². The lowest BCUT2D eigenvalue weighted by molar-refractivity contribution is -0.149. The van der Waals surface area contributed by atoms with Crippen LogP contribution < -0.4 is 10.9 Å². The van der Waals surface area contributed by atoms with Crippen LogP contribution >= 0.6 is 0 Å². The van der Waals surface area contributed by atoms with Crippen molar-refractivity contribution in [1.82, 2.24) is 10.9 Å². The molecule has 0 bridgehead atoms. The molecule has 18 heavy (non-hydrogen) atoms. The van der Waals surface area contributed by atoms with Crippen LogP contribution in [-0.4, -0.2) is 41.5 Å². The number of aliphatic carboxylic acids is 1. The van der Waals surface area contributed by atoms with Gasteiger partial charge < -0.3 is 14.6 Å². The van der Waals surface area contributed by atoms with E-state index in [0.717, 1.165) is 0 Å². The van der Waals surface area contributed by atoms with Gasteiger partial charge in [0, 0.05) is 26.1 Å². The molecule has 1 aliphatic rings. The molecule has 0 aliphatic carbocycles. The molecular formula is C11H20N2O5. The van der Waals surface area contributed by atoms with Crippen LogP contribution in [-0.2, 0) is 14.3 Å². The van der Waals surface area contributed by atoms with Crippen LogP contribution in [0.1, 0.15) is 33.6 Å². The normalized spacial score (nSPS) is 19.1. The van der Waals surface area contributed by atoms with E-state index in [4.69, 9.17) is 9.47 Å². The van der Waals surface area contributed by atoms with E-state index in [1.807, 2.05) is 0 Å². The first-order valence-corrected chi connectivity index (χ1v) is 5.82. The van der Waals surface area contributed by atoms with Crippen molar-refractivity contribution in [2.45, 2.75) is 44.8 Å². The largest absolute Gasteiger partial charge is 0.480 e. The maximum atomic E-state index is 11.4. The van der Waals surface area contributed by atoms with Crippen molar-refractivity contribution in [3.05, 3.63) is 0 Å². The van der Waals surface area contributed by atoms with E-state index < -0.39 is 23.2 Å². The predicted octanol–water partition coefficient (Wildman–Crippen LogP) is 0.649. The van der Waals surface area contributed by atoms with Gasteiger partial charge in [0.05, 0.1) is 0 Å². The van der Waals surface area contributed by atoms with Crippen LogP contribution in [0.15, 0.2) is 0 Å². The van der Waals surface area contributed by atoms with E-state index in [9.17, 15) is 14.7 Å². The summed E-state index contributed by atoms with van der Waals surface area (Å²) in [6, 6.07) is 0. The Hall–Kier alpha value is -1.34. The van der Waals surface area contributed by atoms with Gasteiger partial charge >= 0.3 is 12.1 Å². The lowest BCUT2D eigenvalue weighted by Gasteiger charge is -2.34. The van der Waals surface area contributed by atoms with Crippen molar-refractivity contribution in [2.75, 3.05) is 13.2 Å². The van der Waals surface area contributed by atoms with E-state index >= 15 is 0 Å². The molecule has 0 aromatic heterocycles. The minimum atomic E-state index is -1.19. The number of nitrogens with one attached hydrogen (secondary N) is 2. The van der Waals surface area contributed by atoms with Crippen molar-refractivity contribution >= 4 is 12.1 Å². The molecule has 0 saturated carbocycles. The number of hydrogen-bond acceptors (Lipinski definition) is 5. The average Bonchev–Trinajstić information content (AvgIpc) is 2.25. The van der Waals surface area contributed by atoms with Crippen LogP contribution in [0.2, 0.25) is 0 Å². The number of hydrazine groups is 1. The number of ether oxygens (including phenoxy) is 2. The highest BCUT2D eigenvalue weighted by molar-refractivity contribution is 5.79. The topological polar surface area (TPSA) is 96.9 Å². The van der Waals surface area contributed by atoms with Crippen molar-refractivity contribution in [2.24, 2.45) is 0 Å². The van der Waals surface area contributed by atoms with Gasteiger partial charge in [-0.3, -0.25) is 10.2 Å². The van der Waals surface area contributed by atoms with Crippen LogP contribution in [0, 0.1) is 0 Å². The molecular weight excluding hydrogens is 240 g/mol. The van der Waals surface area contributed by atoms with E-state index in [0.29, 0.717) is 13.2 Å². The molecule has 1 aliphatic heterocycles. The summed E-state index contributed by atoms with van der Waals surface area (Å²) in [7, 11) is 0. The van der Waals surface area contributed by atoms with Gasteiger partial charge in [-0.15, -0.1) is 0 Å². The van der Waals surface area contributed by atoms with Crippen LogP contribution in [0.25, 0.3) is 0 Å². The van der Waals surface area contributed by atoms with E-state index in [1.165, 1.54) is 0 Å². The molecule has 1 saturated heterocycles. The molecule has 0 radical (unpaired) electrons. The van der Waals surface area contributed by atoms with Crippen LogP contribution in [0.3, 0.4) is 0 Å². The van der Waals surface area contributed by atoms with Gasteiger partial charge in [0.25, 0.3) is 0 Å². The monoisotopic (exact) mass is 260 g/mol. The Kier molecular flexibility index (Phi) is 4.53. The number of hydrogen-bond donors (Lipinski definition) is 3. The highest BCUT2D eigenvalue weighted by atomic mass is 16.6. The number of carboxylic acids is 1. The van der Waals surface area contributed by atoms with Gasteiger partial charge in [0.15, 0.2) is 0 Å². The Labute approximate surface area is 106 Å². The lowest BCUT2D eigenvalue weighted by atomic mass is 9.91. The van der Waals surface area contributed by atoms with Crippen molar-refractivity contribution < 1.29 is 24.2 Å². The zero-order valence-electron chi connectivity index (χ0n) is 10.9. The first kappa shape index (κ1) is 14.7. The van der Waals surface area contributed by atoms with Crippen molar-refractivity contribution in [3.63, 3.8) is 0 Å². The zero-order chi connectivity index (χ0) is 13.8. The highest BCUT2D eigenvalue weighted by Gasteiger charge is 2.40. The lowest BCUT2D eigenvalue weighted by Crippen LogP contribution is -2.61. The fourth-order valence-electron chi connectivity index (χ4n) is 1.59. The number of amides is 1. The maximum Gasteiger partial charge on any atom is 0.422 e. The minimum absolute atomic E-state index is 0.290. The fraction of sp³-hybridized carbons (Fsp3) is 0.818. The van der Waals surface area contributed by atoms with Gasteiger partial charge in [-0.1, -0.05) is 0 Å². The molecule has 1 fully saturated rings. The van der Waals surface area contributed by atoms with Crippen molar-refractivity contribution in [1.29, 1.82) is 0 Å². The second-order valence-corrected chi connectivity index (χ2v) is 5.25.